The topological polar surface area (TPSA) is 61.9 Å². The van der Waals surface area contributed by atoms with Gasteiger partial charge in [0.25, 0.3) is 0 Å². The van der Waals surface area contributed by atoms with E-state index in [9.17, 15) is 9.59 Å². The van der Waals surface area contributed by atoms with Gasteiger partial charge in [-0.3, -0.25) is 4.79 Å². The number of ether oxygens (including phenoxy) is 1. The molecule has 0 saturated carbocycles. The van der Waals surface area contributed by atoms with Gasteiger partial charge in [-0.25, -0.2) is 4.79 Å². The molecule has 1 unspecified atom stereocenters. The summed E-state index contributed by atoms with van der Waals surface area (Å²) < 4.78 is 5.23. The predicted octanol–water partition coefficient (Wildman–Crippen LogP) is 1.89. The second kappa shape index (κ2) is 8.57. The van der Waals surface area contributed by atoms with Crippen LogP contribution in [0.1, 0.15) is 25.8 Å². The van der Waals surface area contributed by atoms with Crippen LogP contribution in [0.2, 0.25) is 0 Å². The third kappa shape index (κ3) is 5.15. The Kier molecular flexibility index (Phi) is 6.46. The number of carbonyl (C=O) groups is 2. The van der Waals surface area contributed by atoms with Gasteiger partial charge in [-0.2, -0.15) is 0 Å². The van der Waals surface area contributed by atoms with Crippen LogP contribution < -0.4 is 10.1 Å². The summed E-state index contributed by atoms with van der Waals surface area (Å²) in [6, 6.07) is 7.84. The fraction of sp³-hybridized carbons (Fsp3) is 0.556. The third-order valence-corrected chi connectivity index (χ3v) is 4.27. The van der Waals surface area contributed by atoms with E-state index < -0.39 is 0 Å². The first-order valence-corrected chi connectivity index (χ1v) is 8.43. The number of amides is 3. The largest absolute Gasteiger partial charge is 0.497 e. The Hall–Kier alpha value is -2.24. The summed E-state index contributed by atoms with van der Waals surface area (Å²) >= 11 is 0. The molecule has 132 valence electrons. The zero-order valence-corrected chi connectivity index (χ0v) is 14.7. The summed E-state index contributed by atoms with van der Waals surface area (Å²) in [5.74, 6) is 0.895. The number of nitrogens with one attached hydrogen (secondary N) is 1. The van der Waals surface area contributed by atoms with Crippen LogP contribution in [0.25, 0.3) is 0 Å². The van der Waals surface area contributed by atoms with Gasteiger partial charge in [-0.1, -0.05) is 12.1 Å². The van der Waals surface area contributed by atoms with E-state index in [0.717, 1.165) is 30.7 Å². The maximum atomic E-state index is 12.4. The highest BCUT2D eigenvalue weighted by molar-refractivity contribution is 5.75. The van der Waals surface area contributed by atoms with Crippen molar-refractivity contribution < 1.29 is 14.3 Å². The van der Waals surface area contributed by atoms with Crippen LogP contribution >= 0.6 is 0 Å². The molecular formula is C18H27N3O3. The van der Waals surface area contributed by atoms with Crippen molar-refractivity contribution in [2.24, 2.45) is 0 Å². The zero-order valence-electron chi connectivity index (χ0n) is 14.7. The summed E-state index contributed by atoms with van der Waals surface area (Å²) in [6.45, 7) is 6.16. The van der Waals surface area contributed by atoms with Gasteiger partial charge >= 0.3 is 6.03 Å². The monoisotopic (exact) mass is 333 g/mol. The maximum absolute atomic E-state index is 12.4. The lowest BCUT2D eigenvalue weighted by Gasteiger charge is -2.24. The van der Waals surface area contributed by atoms with Gasteiger partial charge in [0.1, 0.15) is 5.75 Å². The van der Waals surface area contributed by atoms with Crippen molar-refractivity contribution in [2.45, 2.75) is 32.7 Å². The van der Waals surface area contributed by atoms with E-state index in [1.807, 2.05) is 31.2 Å². The van der Waals surface area contributed by atoms with Crippen molar-refractivity contribution in [3.8, 4) is 5.75 Å². The van der Waals surface area contributed by atoms with E-state index in [0.29, 0.717) is 19.6 Å². The second-order valence-electron chi connectivity index (χ2n) is 6.25. The van der Waals surface area contributed by atoms with Gasteiger partial charge in [0.2, 0.25) is 5.91 Å². The zero-order chi connectivity index (χ0) is 17.5. The predicted molar refractivity (Wildman–Crippen MR) is 93.1 cm³/mol. The minimum atomic E-state index is -0.0594. The first kappa shape index (κ1) is 18.1. The number of carbonyl (C=O) groups excluding carboxylic acids is 2. The molecule has 1 aromatic carbocycles. The van der Waals surface area contributed by atoms with Crippen LogP contribution in [0.3, 0.4) is 0 Å². The van der Waals surface area contributed by atoms with Crippen LogP contribution in [-0.4, -0.2) is 61.1 Å². The normalized spacial score (nSPS) is 16.3. The molecule has 2 rings (SSSR count). The van der Waals surface area contributed by atoms with E-state index >= 15 is 0 Å². The minimum absolute atomic E-state index is 0.0248. The molecule has 0 aromatic heterocycles. The molecule has 0 spiro atoms. The average molecular weight is 333 g/mol. The summed E-state index contributed by atoms with van der Waals surface area (Å²) in [5, 5.41) is 3.05. The minimum Gasteiger partial charge on any atom is -0.497 e. The van der Waals surface area contributed by atoms with E-state index in [-0.39, 0.29) is 18.0 Å². The molecule has 1 aliphatic heterocycles. The van der Waals surface area contributed by atoms with Crippen molar-refractivity contribution in [1.29, 1.82) is 0 Å². The van der Waals surface area contributed by atoms with Gasteiger partial charge in [0.05, 0.1) is 7.11 Å². The summed E-state index contributed by atoms with van der Waals surface area (Å²) in [4.78, 5) is 27.5. The Bertz CT molecular complexity index is 576. The van der Waals surface area contributed by atoms with Crippen molar-refractivity contribution >= 4 is 11.9 Å². The van der Waals surface area contributed by atoms with Crippen LogP contribution in [-0.2, 0) is 11.2 Å². The average Bonchev–Trinajstić information content (AvgIpc) is 2.81. The molecule has 0 radical (unpaired) electrons. The maximum Gasteiger partial charge on any atom is 0.317 e. The Balaban J connectivity index is 1.85. The van der Waals surface area contributed by atoms with Crippen molar-refractivity contribution in [1.82, 2.24) is 15.1 Å². The third-order valence-electron chi connectivity index (χ3n) is 4.27. The number of benzene rings is 1. The molecule has 0 aliphatic carbocycles. The first-order valence-electron chi connectivity index (χ1n) is 8.43. The number of nitrogens with zero attached hydrogens (tertiary/aromatic N) is 2. The van der Waals surface area contributed by atoms with Crippen LogP contribution in [0.4, 0.5) is 4.79 Å². The summed E-state index contributed by atoms with van der Waals surface area (Å²) in [5.41, 5.74) is 1.13. The lowest BCUT2D eigenvalue weighted by molar-refractivity contribution is -0.128. The van der Waals surface area contributed by atoms with E-state index in [1.54, 1.807) is 23.8 Å². The Morgan fingerprint density at radius 2 is 1.92 bits per heavy atom. The Morgan fingerprint density at radius 3 is 2.62 bits per heavy atom. The van der Waals surface area contributed by atoms with Crippen LogP contribution in [0.15, 0.2) is 24.3 Å². The smallest absolute Gasteiger partial charge is 0.317 e. The second-order valence-corrected chi connectivity index (χ2v) is 6.25. The highest BCUT2D eigenvalue weighted by Gasteiger charge is 2.21. The molecule has 1 aliphatic rings. The highest BCUT2D eigenvalue weighted by Crippen LogP contribution is 2.14. The number of urea groups is 1. The standard InChI is InChI=1S/C18H27N3O3/c1-14(12-16-6-4-7-17(13-16)24-3)19-18(23)21-9-5-8-20(10-11-21)15(2)22/h4,6-7,13-14H,5,8-12H2,1-3H3,(H,19,23). The molecule has 1 atom stereocenters. The molecule has 24 heavy (non-hydrogen) atoms. The van der Waals surface area contributed by atoms with E-state index in [1.165, 1.54) is 0 Å². The molecule has 1 aromatic rings. The fourth-order valence-electron chi connectivity index (χ4n) is 2.94. The molecule has 1 saturated heterocycles. The van der Waals surface area contributed by atoms with Gasteiger partial charge in [0.15, 0.2) is 0 Å². The van der Waals surface area contributed by atoms with Crippen molar-refractivity contribution in [3.05, 3.63) is 29.8 Å². The number of rotatable bonds is 4. The molecule has 3 amide bonds. The first-order chi connectivity index (χ1) is 11.5. The SMILES string of the molecule is COc1cccc(CC(C)NC(=O)N2CCCN(C(C)=O)CC2)c1. The van der Waals surface area contributed by atoms with Gasteiger partial charge in [-0.15, -0.1) is 0 Å². The Morgan fingerprint density at radius 1 is 1.21 bits per heavy atom. The van der Waals surface area contributed by atoms with Gasteiger partial charge in [0, 0.05) is 39.1 Å². The van der Waals surface area contributed by atoms with Crippen LogP contribution in [0.5, 0.6) is 5.75 Å². The van der Waals surface area contributed by atoms with Crippen LogP contribution in [0, 0.1) is 0 Å². The molecule has 1 heterocycles. The summed E-state index contributed by atoms with van der Waals surface area (Å²) in [7, 11) is 1.65. The molecule has 1 N–H and O–H groups in total. The van der Waals surface area contributed by atoms with E-state index in [2.05, 4.69) is 5.32 Å². The molecular weight excluding hydrogens is 306 g/mol. The van der Waals surface area contributed by atoms with Crippen molar-refractivity contribution in [3.63, 3.8) is 0 Å². The van der Waals surface area contributed by atoms with E-state index in [4.69, 9.17) is 4.74 Å². The fourth-order valence-corrected chi connectivity index (χ4v) is 2.94. The summed E-state index contributed by atoms with van der Waals surface area (Å²) in [6.07, 6.45) is 1.56. The van der Waals surface area contributed by atoms with Crippen molar-refractivity contribution in [2.75, 3.05) is 33.3 Å². The molecule has 6 heteroatoms. The van der Waals surface area contributed by atoms with Gasteiger partial charge in [-0.05, 0) is 37.5 Å². The quantitative estimate of drug-likeness (QED) is 0.915. The number of methoxy groups -OCH3 is 1. The number of hydrogen-bond acceptors (Lipinski definition) is 3. The molecule has 6 nitrogen and oxygen atoms in total. The molecule has 0 bridgehead atoms. The lowest BCUT2D eigenvalue weighted by Crippen LogP contribution is -2.46. The Labute approximate surface area is 143 Å². The molecule has 1 fully saturated rings. The lowest BCUT2D eigenvalue weighted by atomic mass is 10.1. The highest BCUT2D eigenvalue weighted by atomic mass is 16.5. The van der Waals surface area contributed by atoms with Gasteiger partial charge < -0.3 is 19.9 Å². The number of hydrogen-bond donors (Lipinski definition) is 1.